The number of halogens is 1. The van der Waals surface area contributed by atoms with Gasteiger partial charge in [0.1, 0.15) is 0 Å². The maximum Gasteiger partial charge on any atom is 0.170 e. The molecule has 2 heterocycles. The van der Waals surface area contributed by atoms with E-state index in [0.717, 1.165) is 13.0 Å². The van der Waals surface area contributed by atoms with Gasteiger partial charge < -0.3 is 10.2 Å². The van der Waals surface area contributed by atoms with E-state index in [-0.39, 0.29) is 11.9 Å². The summed E-state index contributed by atoms with van der Waals surface area (Å²) in [4.78, 5) is 7.45. The normalized spacial score (nSPS) is 12.4. The summed E-state index contributed by atoms with van der Waals surface area (Å²) in [6.07, 6.45) is 2.58. The molecule has 114 valence electrons. The van der Waals surface area contributed by atoms with Crippen molar-refractivity contribution in [1.82, 2.24) is 10.3 Å². The number of nitrogens with one attached hydrogen (secondary N) is 1. The fraction of sp³-hybridized carbons (Fsp3) is 0.438. The largest absolute Gasteiger partial charge is 0.354 e. The highest BCUT2D eigenvalue weighted by molar-refractivity contribution is 7.09. The third kappa shape index (κ3) is 4.02. The van der Waals surface area contributed by atoms with Crippen molar-refractivity contribution in [2.45, 2.75) is 32.9 Å². The van der Waals surface area contributed by atoms with Crippen LogP contribution in [0.25, 0.3) is 0 Å². The van der Waals surface area contributed by atoms with E-state index < -0.39 is 0 Å². The Morgan fingerprint density at radius 1 is 1.43 bits per heavy atom. The molecule has 0 spiro atoms. The molecule has 21 heavy (non-hydrogen) atoms. The van der Waals surface area contributed by atoms with Gasteiger partial charge in [0.05, 0.1) is 0 Å². The second kappa shape index (κ2) is 7.52. The average molecular weight is 307 g/mol. The van der Waals surface area contributed by atoms with E-state index in [0.29, 0.717) is 17.9 Å². The van der Waals surface area contributed by atoms with Crippen LogP contribution in [0.15, 0.2) is 29.8 Å². The van der Waals surface area contributed by atoms with Gasteiger partial charge in [-0.3, -0.25) is 0 Å². The molecule has 1 N–H and O–H groups in total. The lowest BCUT2D eigenvalue weighted by molar-refractivity contribution is 0.571. The topological polar surface area (TPSA) is 28.2 Å². The van der Waals surface area contributed by atoms with Gasteiger partial charge in [0.15, 0.2) is 11.6 Å². The first kappa shape index (κ1) is 15.9. The molecule has 0 radical (unpaired) electrons. The number of hydrogen-bond donors (Lipinski definition) is 1. The van der Waals surface area contributed by atoms with Crippen molar-refractivity contribution >= 4 is 17.2 Å². The van der Waals surface area contributed by atoms with Crippen LogP contribution in [0.3, 0.4) is 0 Å². The maximum atomic E-state index is 14.5. The highest BCUT2D eigenvalue weighted by Crippen LogP contribution is 2.22. The van der Waals surface area contributed by atoms with Gasteiger partial charge in [0, 0.05) is 42.7 Å². The number of nitrogens with zero attached hydrogens (tertiary/aromatic N) is 2. The molecule has 1 atom stereocenters. The smallest absolute Gasteiger partial charge is 0.170 e. The standard InChI is InChI=1S/C16H22FN3S/c1-4-18-11-13-7-8-19-16(15(13)17)20(3)12(2)10-14-6-5-9-21-14/h5-9,12,18H,4,10-11H2,1-3H3. The van der Waals surface area contributed by atoms with Crippen LogP contribution in [0.2, 0.25) is 0 Å². The Morgan fingerprint density at radius 2 is 2.24 bits per heavy atom. The Kier molecular flexibility index (Phi) is 5.70. The Bertz CT molecular complexity index is 557. The molecule has 0 fully saturated rings. The quantitative estimate of drug-likeness (QED) is 0.849. The molecule has 1 unspecified atom stereocenters. The van der Waals surface area contributed by atoms with Gasteiger partial charge in [-0.15, -0.1) is 11.3 Å². The molecule has 2 rings (SSSR count). The molecule has 2 aromatic rings. The van der Waals surface area contributed by atoms with E-state index in [4.69, 9.17) is 0 Å². The zero-order valence-corrected chi connectivity index (χ0v) is 13.6. The number of likely N-dealkylation sites (N-methyl/N-ethyl adjacent to an activating group) is 1. The highest BCUT2D eigenvalue weighted by Gasteiger charge is 2.18. The molecule has 5 heteroatoms. The van der Waals surface area contributed by atoms with E-state index in [1.54, 1.807) is 23.6 Å². The first-order valence-electron chi connectivity index (χ1n) is 7.22. The Labute approximate surface area is 129 Å². The van der Waals surface area contributed by atoms with Gasteiger partial charge in [0.25, 0.3) is 0 Å². The van der Waals surface area contributed by atoms with E-state index >= 15 is 0 Å². The number of pyridine rings is 1. The van der Waals surface area contributed by atoms with Crippen molar-refractivity contribution in [3.8, 4) is 0 Å². The second-order valence-corrected chi connectivity index (χ2v) is 6.16. The summed E-state index contributed by atoms with van der Waals surface area (Å²) >= 11 is 1.73. The van der Waals surface area contributed by atoms with Crippen LogP contribution in [-0.4, -0.2) is 24.6 Å². The predicted molar refractivity (Wildman–Crippen MR) is 87.5 cm³/mol. The van der Waals surface area contributed by atoms with Crippen molar-refractivity contribution in [2.75, 3.05) is 18.5 Å². The highest BCUT2D eigenvalue weighted by atomic mass is 32.1. The first-order valence-corrected chi connectivity index (χ1v) is 8.10. The Morgan fingerprint density at radius 3 is 2.90 bits per heavy atom. The number of anilines is 1. The molecule has 0 aliphatic carbocycles. The molecular weight excluding hydrogens is 285 g/mol. The third-order valence-corrected chi connectivity index (χ3v) is 4.49. The monoisotopic (exact) mass is 307 g/mol. The van der Waals surface area contributed by atoms with Crippen LogP contribution in [0.1, 0.15) is 24.3 Å². The number of hydrogen-bond acceptors (Lipinski definition) is 4. The summed E-state index contributed by atoms with van der Waals surface area (Å²) in [7, 11) is 1.90. The van der Waals surface area contributed by atoms with Crippen LogP contribution in [0.5, 0.6) is 0 Å². The number of thiophene rings is 1. The summed E-state index contributed by atoms with van der Waals surface area (Å²) in [6, 6.07) is 6.09. The average Bonchev–Trinajstić information content (AvgIpc) is 2.98. The van der Waals surface area contributed by atoms with E-state index in [1.165, 1.54) is 4.88 Å². The van der Waals surface area contributed by atoms with Crippen molar-refractivity contribution < 1.29 is 4.39 Å². The van der Waals surface area contributed by atoms with E-state index in [2.05, 4.69) is 28.7 Å². The molecule has 0 aliphatic heterocycles. The Hall–Kier alpha value is -1.46. The maximum absolute atomic E-state index is 14.5. The van der Waals surface area contributed by atoms with Gasteiger partial charge in [-0.05, 0) is 31.0 Å². The molecule has 0 saturated carbocycles. The van der Waals surface area contributed by atoms with Crippen molar-refractivity contribution in [3.05, 3.63) is 46.0 Å². The Balaban J connectivity index is 2.12. The minimum Gasteiger partial charge on any atom is -0.354 e. The summed E-state index contributed by atoms with van der Waals surface area (Å²) < 4.78 is 14.5. The van der Waals surface area contributed by atoms with Gasteiger partial charge in [-0.2, -0.15) is 0 Å². The van der Waals surface area contributed by atoms with E-state index in [9.17, 15) is 4.39 Å². The van der Waals surface area contributed by atoms with Crippen molar-refractivity contribution in [2.24, 2.45) is 0 Å². The molecule has 0 bridgehead atoms. The molecule has 0 aliphatic rings. The van der Waals surface area contributed by atoms with Crippen LogP contribution < -0.4 is 10.2 Å². The van der Waals surface area contributed by atoms with Crippen molar-refractivity contribution in [3.63, 3.8) is 0 Å². The zero-order chi connectivity index (χ0) is 15.2. The number of rotatable bonds is 7. The van der Waals surface area contributed by atoms with Crippen LogP contribution in [-0.2, 0) is 13.0 Å². The minimum absolute atomic E-state index is 0.194. The zero-order valence-electron chi connectivity index (χ0n) is 12.8. The van der Waals surface area contributed by atoms with Crippen LogP contribution in [0, 0.1) is 5.82 Å². The second-order valence-electron chi connectivity index (χ2n) is 5.13. The van der Waals surface area contributed by atoms with Gasteiger partial charge in [-0.1, -0.05) is 13.0 Å². The summed E-state index contributed by atoms with van der Waals surface area (Å²) in [5, 5.41) is 5.22. The fourth-order valence-corrected chi connectivity index (χ4v) is 3.01. The first-order chi connectivity index (χ1) is 10.1. The van der Waals surface area contributed by atoms with Crippen LogP contribution >= 0.6 is 11.3 Å². The molecule has 2 aromatic heterocycles. The van der Waals surface area contributed by atoms with Crippen molar-refractivity contribution in [1.29, 1.82) is 0 Å². The lowest BCUT2D eigenvalue weighted by atomic mass is 10.1. The summed E-state index contributed by atoms with van der Waals surface area (Å²) in [5.74, 6) is 0.202. The predicted octanol–water partition coefficient (Wildman–Crippen LogP) is 3.46. The molecule has 3 nitrogen and oxygen atoms in total. The van der Waals surface area contributed by atoms with Gasteiger partial charge in [0.2, 0.25) is 0 Å². The lowest BCUT2D eigenvalue weighted by Crippen LogP contribution is -2.32. The van der Waals surface area contributed by atoms with Gasteiger partial charge in [-0.25, -0.2) is 9.37 Å². The molecule has 0 saturated heterocycles. The van der Waals surface area contributed by atoms with Gasteiger partial charge >= 0.3 is 0 Å². The summed E-state index contributed by atoms with van der Waals surface area (Å²) in [5.41, 5.74) is 0.664. The fourth-order valence-electron chi connectivity index (χ4n) is 2.18. The van der Waals surface area contributed by atoms with E-state index in [1.807, 2.05) is 24.9 Å². The minimum atomic E-state index is -0.223. The summed E-state index contributed by atoms with van der Waals surface area (Å²) in [6.45, 7) is 5.46. The van der Waals surface area contributed by atoms with Crippen LogP contribution in [0.4, 0.5) is 10.2 Å². The molecule has 0 amide bonds. The number of aromatic nitrogens is 1. The molecule has 0 aromatic carbocycles. The lowest BCUT2D eigenvalue weighted by Gasteiger charge is -2.26. The SMILES string of the molecule is CCNCc1ccnc(N(C)C(C)Cc2cccs2)c1F. The third-order valence-electron chi connectivity index (χ3n) is 3.59. The molecular formula is C16H22FN3S.